The van der Waals surface area contributed by atoms with Crippen LogP contribution in [-0.2, 0) is 50.9 Å². The zero-order chi connectivity index (χ0) is 50.0. The minimum atomic E-state index is -5.49. The number of phosphoric acid groups is 3. The van der Waals surface area contributed by atoms with Crippen LogP contribution in [0.4, 0.5) is 0 Å². The SMILES string of the molecule is CCC/C=C\C/C=C\C/C=C\C/C=C\CCCC(=O)OC(COC(=O)CCCCCCCCCCCCCCCCC)COP(=O)(O)O[C@H]1C(O)[C@@H](OP(=O)(O)O)C(OP(=O)(O)O)[C@@H](C)[C@H]1O. The Hall–Kier alpha value is -1.85. The van der Waals surface area contributed by atoms with E-state index in [2.05, 4.69) is 53.3 Å². The van der Waals surface area contributed by atoms with Crippen molar-refractivity contribution in [3.8, 4) is 0 Å². The van der Waals surface area contributed by atoms with Crippen LogP contribution in [0.3, 0.4) is 0 Å². The van der Waals surface area contributed by atoms with Crippen LogP contribution in [0.5, 0.6) is 0 Å². The molecule has 0 aromatic carbocycles. The van der Waals surface area contributed by atoms with Gasteiger partial charge in [-0.25, -0.2) is 13.7 Å². The Morgan fingerprint density at radius 1 is 0.507 bits per heavy atom. The van der Waals surface area contributed by atoms with Crippen molar-refractivity contribution in [2.45, 2.75) is 211 Å². The average molecular weight is 1020 g/mol. The molecule has 21 heteroatoms. The van der Waals surface area contributed by atoms with Gasteiger partial charge in [-0.05, 0) is 44.9 Å². The third kappa shape index (κ3) is 33.4. The Bertz CT molecular complexity index is 1590. The second-order valence-corrected chi connectivity index (χ2v) is 20.9. The average Bonchev–Trinajstić information content (AvgIpc) is 3.25. The fraction of sp³-hybridized carbons (Fsp3) is 0.783. The molecule has 390 valence electrons. The van der Waals surface area contributed by atoms with E-state index in [1.54, 1.807) is 0 Å². The molecule has 0 radical (unpaired) electrons. The number of hydrogen-bond donors (Lipinski definition) is 7. The van der Waals surface area contributed by atoms with E-state index >= 15 is 0 Å². The van der Waals surface area contributed by atoms with Gasteiger partial charge in [0.05, 0.1) is 12.7 Å². The van der Waals surface area contributed by atoms with Crippen LogP contribution in [0.15, 0.2) is 48.6 Å². The van der Waals surface area contributed by atoms with Gasteiger partial charge < -0.3 is 44.2 Å². The fourth-order valence-electron chi connectivity index (χ4n) is 7.30. The summed E-state index contributed by atoms with van der Waals surface area (Å²) in [5, 5.41) is 21.7. The van der Waals surface area contributed by atoms with Gasteiger partial charge in [0.1, 0.15) is 31.0 Å². The molecule has 0 saturated heterocycles. The van der Waals surface area contributed by atoms with Crippen molar-refractivity contribution in [2.24, 2.45) is 5.92 Å². The lowest BCUT2D eigenvalue weighted by molar-refractivity contribution is -0.190. The predicted molar refractivity (Wildman–Crippen MR) is 255 cm³/mol. The number of esters is 2. The van der Waals surface area contributed by atoms with E-state index in [4.69, 9.17) is 18.5 Å². The Labute approximate surface area is 399 Å². The molecule has 1 aliphatic carbocycles. The number of ether oxygens (including phenoxy) is 2. The van der Waals surface area contributed by atoms with Crippen LogP contribution in [0, 0.1) is 5.92 Å². The van der Waals surface area contributed by atoms with E-state index in [-0.39, 0.29) is 12.8 Å². The number of rotatable bonds is 40. The molecule has 1 saturated carbocycles. The maximum absolute atomic E-state index is 13.2. The molecular weight excluding hydrogens is 933 g/mol. The molecule has 8 atom stereocenters. The largest absolute Gasteiger partial charge is 0.472 e. The summed E-state index contributed by atoms with van der Waals surface area (Å²) in [6.07, 6.45) is 27.3. The Kier molecular flexibility index (Phi) is 34.9. The topological polar surface area (TPSA) is 282 Å². The fourth-order valence-corrected chi connectivity index (χ4v) is 9.46. The molecule has 0 aromatic heterocycles. The molecule has 7 N–H and O–H groups in total. The Balaban J connectivity index is 2.77. The number of unbranched alkanes of at least 4 members (excludes halogenated alkanes) is 16. The number of carbonyl (C=O) groups excluding carboxylic acids is 2. The van der Waals surface area contributed by atoms with Gasteiger partial charge in [0, 0.05) is 18.8 Å². The lowest BCUT2D eigenvalue weighted by atomic mass is 9.79. The van der Waals surface area contributed by atoms with Gasteiger partial charge in [0.15, 0.2) is 6.10 Å². The highest BCUT2D eigenvalue weighted by Gasteiger charge is 2.55. The van der Waals surface area contributed by atoms with Gasteiger partial charge in [-0.15, -0.1) is 0 Å². The van der Waals surface area contributed by atoms with E-state index in [1.165, 1.54) is 64.2 Å². The molecule has 18 nitrogen and oxygen atoms in total. The van der Waals surface area contributed by atoms with Crippen LogP contribution in [0.1, 0.15) is 175 Å². The predicted octanol–water partition coefficient (Wildman–Crippen LogP) is 9.90. The van der Waals surface area contributed by atoms with Crippen LogP contribution in [0.25, 0.3) is 0 Å². The smallest absolute Gasteiger partial charge is 0.462 e. The molecule has 4 unspecified atom stereocenters. The Morgan fingerprint density at radius 2 is 0.955 bits per heavy atom. The normalized spacial score (nSPS) is 22.0. The first-order chi connectivity index (χ1) is 31.8. The third-order valence-corrected chi connectivity index (χ3v) is 13.0. The number of hydrogen-bond acceptors (Lipinski definition) is 13. The second kappa shape index (κ2) is 37.0. The third-order valence-electron chi connectivity index (χ3n) is 11.0. The molecule has 0 heterocycles. The van der Waals surface area contributed by atoms with Gasteiger partial charge in [0.25, 0.3) is 0 Å². The summed E-state index contributed by atoms with van der Waals surface area (Å²) >= 11 is 0. The van der Waals surface area contributed by atoms with Gasteiger partial charge in [-0.3, -0.25) is 27.7 Å². The molecule has 67 heavy (non-hydrogen) atoms. The maximum Gasteiger partial charge on any atom is 0.472 e. The van der Waals surface area contributed by atoms with Crippen LogP contribution < -0.4 is 0 Å². The first-order valence-electron chi connectivity index (χ1n) is 24.2. The van der Waals surface area contributed by atoms with E-state index in [1.807, 2.05) is 18.2 Å². The second-order valence-electron chi connectivity index (χ2n) is 17.1. The number of aliphatic hydroxyl groups is 2. The highest BCUT2D eigenvalue weighted by molar-refractivity contribution is 7.47. The Morgan fingerprint density at radius 3 is 1.45 bits per heavy atom. The molecule has 0 bridgehead atoms. The van der Waals surface area contributed by atoms with Crippen molar-refractivity contribution >= 4 is 35.4 Å². The zero-order valence-corrected chi connectivity index (χ0v) is 42.7. The minimum absolute atomic E-state index is 0.0499. The monoisotopic (exact) mass is 1020 g/mol. The summed E-state index contributed by atoms with van der Waals surface area (Å²) in [4.78, 5) is 73.7. The van der Waals surface area contributed by atoms with E-state index in [0.29, 0.717) is 19.3 Å². The van der Waals surface area contributed by atoms with Crippen LogP contribution >= 0.6 is 23.5 Å². The molecule has 0 amide bonds. The summed E-state index contributed by atoms with van der Waals surface area (Å²) in [7, 11) is -16.2. The van der Waals surface area contributed by atoms with E-state index in [0.717, 1.165) is 64.7 Å². The van der Waals surface area contributed by atoms with Crippen molar-refractivity contribution in [3.05, 3.63) is 48.6 Å². The first kappa shape index (κ1) is 63.2. The minimum Gasteiger partial charge on any atom is -0.462 e. The summed E-state index contributed by atoms with van der Waals surface area (Å²) in [6, 6.07) is 0. The number of phosphoric ester groups is 3. The molecule has 0 aliphatic heterocycles. The van der Waals surface area contributed by atoms with Crippen molar-refractivity contribution in [2.75, 3.05) is 13.2 Å². The van der Waals surface area contributed by atoms with Gasteiger partial charge in [-0.2, -0.15) is 0 Å². The summed E-state index contributed by atoms with van der Waals surface area (Å²) in [5.74, 6) is -2.82. The van der Waals surface area contributed by atoms with E-state index in [9.17, 15) is 58.0 Å². The van der Waals surface area contributed by atoms with Crippen molar-refractivity contribution in [1.82, 2.24) is 0 Å². The lowest BCUT2D eigenvalue weighted by Gasteiger charge is -2.45. The highest BCUT2D eigenvalue weighted by Crippen LogP contribution is 2.52. The van der Waals surface area contributed by atoms with Gasteiger partial charge >= 0.3 is 35.4 Å². The number of aliphatic hydroxyl groups excluding tert-OH is 2. The molecule has 1 aliphatic rings. The zero-order valence-electron chi connectivity index (χ0n) is 40.0. The summed E-state index contributed by atoms with van der Waals surface area (Å²) in [5.41, 5.74) is 0. The molecule has 0 aromatic rings. The lowest BCUT2D eigenvalue weighted by Crippen LogP contribution is -2.61. The van der Waals surface area contributed by atoms with Gasteiger partial charge in [-0.1, -0.05) is 166 Å². The first-order valence-corrected chi connectivity index (χ1v) is 28.8. The summed E-state index contributed by atoms with van der Waals surface area (Å²) in [6.45, 7) is 4.04. The maximum atomic E-state index is 13.2. The van der Waals surface area contributed by atoms with Crippen molar-refractivity contribution in [1.29, 1.82) is 0 Å². The quantitative estimate of drug-likeness (QED) is 0.0130. The number of carbonyl (C=O) groups is 2. The van der Waals surface area contributed by atoms with Gasteiger partial charge in [0.2, 0.25) is 0 Å². The molecule has 0 spiro atoms. The van der Waals surface area contributed by atoms with E-state index < -0.39 is 91.2 Å². The molecular formula is C46H83O18P3. The van der Waals surface area contributed by atoms with Crippen LogP contribution in [-0.4, -0.2) is 96.5 Å². The summed E-state index contributed by atoms with van der Waals surface area (Å²) < 4.78 is 66.4. The van der Waals surface area contributed by atoms with Crippen molar-refractivity contribution < 1.29 is 85.5 Å². The molecule has 1 fully saturated rings. The highest BCUT2D eigenvalue weighted by atomic mass is 31.2. The number of allylic oxidation sites excluding steroid dienone is 8. The van der Waals surface area contributed by atoms with Crippen LogP contribution in [0.2, 0.25) is 0 Å². The van der Waals surface area contributed by atoms with Crippen molar-refractivity contribution in [3.63, 3.8) is 0 Å². The molecule has 1 rings (SSSR count). The standard InChI is InChI=1S/C46H83O18P3/c1-4-6-8-10-12-14-16-18-20-22-24-26-28-30-32-34-40(47)59-36-39(61-41(48)35-33-31-29-27-25-23-21-19-17-15-13-11-9-7-5-2)37-60-67(57,58)64-45-42(49)38(3)44(62-65(51,52)53)46(43(45)50)63-66(54,55)56/h9,11,15,17,21,23,27,29,38-39,42-46,49-50H,4-8,10,12-14,16,18-20,22,24-26,28,30-37H2,1-3H3,(H,57,58)(H2,51,52,53)(H2,54,55,56)/b11-9-,17-15-,23-21-,29-27-/t38-,39?,42+,43?,44?,45+,46+/m0/s1.